The molecule has 1 rings (SSSR count). The van der Waals surface area contributed by atoms with Crippen molar-refractivity contribution in [3.63, 3.8) is 0 Å². The van der Waals surface area contributed by atoms with Crippen molar-refractivity contribution in [3.8, 4) is 0 Å². The van der Waals surface area contributed by atoms with Crippen LogP contribution in [0.25, 0.3) is 0 Å². The van der Waals surface area contributed by atoms with E-state index in [2.05, 4.69) is 47.9 Å². The van der Waals surface area contributed by atoms with Crippen molar-refractivity contribution in [2.24, 2.45) is 10.9 Å². The molecule has 1 saturated heterocycles. The lowest BCUT2D eigenvalue weighted by Gasteiger charge is -2.33. The fourth-order valence-electron chi connectivity index (χ4n) is 2.15. The third kappa shape index (κ3) is 6.79. The molecule has 4 nitrogen and oxygen atoms in total. The standard InChI is InChI=1S/C14H30N4.HI/c1-12(2)17(5)11-8-16-14(15-4)18-9-6-13(3)7-10-18;/h12-13H,6-11H2,1-5H3,(H,15,16);1H. The summed E-state index contributed by atoms with van der Waals surface area (Å²) in [5.74, 6) is 1.94. The molecule has 1 fully saturated rings. The van der Waals surface area contributed by atoms with Crippen LogP contribution in [-0.4, -0.2) is 62.1 Å². The quantitative estimate of drug-likeness (QED) is 0.460. The minimum Gasteiger partial charge on any atom is -0.355 e. The van der Waals surface area contributed by atoms with Gasteiger partial charge < -0.3 is 15.1 Å². The summed E-state index contributed by atoms with van der Waals surface area (Å²) in [4.78, 5) is 9.12. The first-order valence-electron chi connectivity index (χ1n) is 7.20. The smallest absolute Gasteiger partial charge is 0.193 e. The largest absolute Gasteiger partial charge is 0.355 e. The van der Waals surface area contributed by atoms with E-state index in [9.17, 15) is 0 Å². The van der Waals surface area contributed by atoms with E-state index in [1.807, 2.05) is 7.05 Å². The summed E-state index contributed by atoms with van der Waals surface area (Å²) in [7, 11) is 4.05. The number of guanidine groups is 1. The van der Waals surface area contributed by atoms with Crippen molar-refractivity contribution < 1.29 is 0 Å². The van der Waals surface area contributed by atoms with Crippen LogP contribution in [0, 0.1) is 5.92 Å². The van der Waals surface area contributed by atoms with Crippen LogP contribution in [0.4, 0.5) is 0 Å². The van der Waals surface area contributed by atoms with Gasteiger partial charge in [-0.1, -0.05) is 6.92 Å². The zero-order valence-electron chi connectivity index (χ0n) is 13.1. The number of likely N-dealkylation sites (N-methyl/N-ethyl adjacent to an activating group) is 1. The molecular formula is C14H31IN4. The van der Waals surface area contributed by atoms with Crippen LogP contribution in [0.5, 0.6) is 0 Å². The van der Waals surface area contributed by atoms with Gasteiger partial charge in [0.1, 0.15) is 0 Å². The summed E-state index contributed by atoms with van der Waals surface area (Å²) in [6.07, 6.45) is 2.57. The van der Waals surface area contributed by atoms with Crippen LogP contribution >= 0.6 is 24.0 Å². The topological polar surface area (TPSA) is 30.9 Å². The van der Waals surface area contributed by atoms with Gasteiger partial charge in [-0.25, -0.2) is 0 Å². The Balaban J connectivity index is 0.00000324. The van der Waals surface area contributed by atoms with Crippen molar-refractivity contribution in [1.82, 2.24) is 15.1 Å². The van der Waals surface area contributed by atoms with E-state index in [1.165, 1.54) is 12.8 Å². The zero-order valence-corrected chi connectivity index (χ0v) is 15.5. The average Bonchev–Trinajstić information content (AvgIpc) is 2.35. The van der Waals surface area contributed by atoms with Crippen LogP contribution in [0.3, 0.4) is 0 Å². The van der Waals surface area contributed by atoms with Gasteiger partial charge in [0.05, 0.1) is 0 Å². The molecule has 0 bridgehead atoms. The third-order valence-electron chi connectivity index (χ3n) is 3.92. The number of hydrogen-bond acceptors (Lipinski definition) is 2. The van der Waals surface area contributed by atoms with E-state index in [0.29, 0.717) is 6.04 Å². The van der Waals surface area contributed by atoms with Gasteiger partial charge in [0.25, 0.3) is 0 Å². The Bertz CT molecular complexity index is 260. The Morgan fingerprint density at radius 1 is 1.37 bits per heavy atom. The molecule has 0 aromatic carbocycles. The molecule has 1 N–H and O–H groups in total. The highest BCUT2D eigenvalue weighted by Gasteiger charge is 2.18. The van der Waals surface area contributed by atoms with Crippen molar-refractivity contribution in [2.45, 2.75) is 39.7 Å². The minimum atomic E-state index is 0. The van der Waals surface area contributed by atoms with E-state index < -0.39 is 0 Å². The Labute approximate surface area is 136 Å². The third-order valence-corrected chi connectivity index (χ3v) is 3.92. The second-order valence-corrected chi connectivity index (χ2v) is 5.72. The number of likely N-dealkylation sites (tertiary alicyclic amines) is 1. The van der Waals surface area contributed by atoms with E-state index in [4.69, 9.17) is 0 Å². The number of piperidine rings is 1. The maximum atomic E-state index is 4.39. The normalized spacial score (nSPS) is 17.8. The maximum absolute atomic E-state index is 4.39. The molecule has 0 spiro atoms. The zero-order chi connectivity index (χ0) is 13.5. The monoisotopic (exact) mass is 382 g/mol. The second-order valence-electron chi connectivity index (χ2n) is 5.72. The van der Waals surface area contributed by atoms with Gasteiger partial charge in [-0.2, -0.15) is 0 Å². The van der Waals surface area contributed by atoms with Crippen LogP contribution in [0.15, 0.2) is 4.99 Å². The fraction of sp³-hybridized carbons (Fsp3) is 0.929. The van der Waals surface area contributed by atoms with Crippen molar-refractivity contribution in [1.29, 1.82) is 0 Å². The molecule has 1 heterocycles. The molecule has 1 aliphatic heterocycles. The molecule has 1 aliphatic rings. The Morgan fingerprint density at radius 3 is 2.42 bits per heavy atom. The summed E-state index contributed by atoms with van der Waals surface area (Å²) in [5, 5.41) is 3.47. The van der Waals surface area contributed by atoms with Gasteiger partial charge in [-0.3, -0.25) is 4.99 Å². The van der Waals surface area contributed by atoms with E-state index in [1.54, 1.807) is 0 Å². The van der Waals surface area contributed by atoms with Gasteiger partial charge in [0.15, 0.2) is 5.96 Å². The average molecular weight is 382 g/mol. The predicted molar refractivity (Wildman–Crippen MR) is 94.5 cm³/mol. The Morgan fingerprint density at radius 2 is 1.95 bits per heavy atom. The molecule has 114 valence electrons. The molecule has 0 aromatic heterocycles. The van der Waals surface area contributed by atoms with Crippen molar-refractivity contribution >= 4 is 29.9 Å². The number of nitrogens with zero attached hydrogens (tertiary/aromatic N) is 3. The SMILES string of the molecule is CN=C(NCCN(C)C(C)C)N1CCC(C)CC1.I. The van der Waals surface area contributed by atoms with Gasteiger partial charge >= 0.3 is 0 Å². The van der Waals surface area contributed by atoms with Crippen LogP contribution in [0.2, 0.25) is 0 Å². The van der Waals surface area contributed by atoms with Crippen LogP contribution in [0.1, 0.15) is 33.6 Å². The van der Waals surface area contributed by atoms with Gasteiger partial charge in [-0.15, -0.1) is 24.0 Å². The van der Waals surface area contributed by atoms with E-state index in [-0.39, 0.29) is 24.0 Å². The van der Waals surface area contributed by atoms with Crippen molar-refractivity contribution in [2.75, 3.05) is 40.3 Å². The lowest BCUT2D eigenvalue weighted by Crippen LogP contribution is -2.47. The molecule has 0 amide bonds. The van der Waals surface area contributed by atoms with E-state index >= 15 is 0 Å². The Kier molecular flexibility index (Phi) is 9.78. The first kappa shape index (κ1) is 19.0. The predicted octanol–water partition coefficient (Wildman–Crippen LogP) is 2.25. The number of hydrogen-bond donors (Lipinski definition) is 1. The van der Waals surface area contributed by atoms with Gasteiger partial charge in [0.2, 0.25) is 0 Å². The minimum absolute atomic E-state index is 0. The summed E-state index contributed by atoms with van der Waals surface area (Å²) in [5.41, 5.74) is 0. The highest BCUT2D eigenvalue weighted by atomic mass is 127. The molecule has 0 atom stereocenters. The fourth-order valence-corrected chi connectivity index (χ4v) is 2.15. The molecule has 0 unspecified atom stereocenters. The summed E-state index contributed by atoms with van der Waals surface area (Å²) < 4.78 is 0. The lowest BCUT2D eigenvalue weighted by atomic mass is 10.00. The maximum Gasteiger partial charge on any atom is 0.193 e. The lowest BCUT2D eigenvalue weighted by molar-refractivity contribution is 0.262. The van der Waals surface area contributed by atoms with Crippen molar-refractivity contribution in [3.05, 3.63) is 0 Å². The number of rotatable bonds is 4. The molecule has 5 heteroatoms. The summed E-state index contributed by atoms with van der Waals surface area (Å²) in [6.45, 7) is 11.1. The number of aliphatic imine (C=N–C) groups is 1. The molecule has 0 radical (unpaired) electrons. The first-order chi connectivity index (χ1) is 8.54. The number of halogens is 1. The summed E-state index contributed by atoms with van der Waals surface area (Å²) in [6, 6.07) is 0.602. The van der Waals surface area contributed by atoms with Crippen LogP contribution < -0.4 is 5.32 Å². The summed E-state index contributed by atoms with van der Waals surface area (Å²) >= 11 is 0. The molecular weight excluding hydrogens is 351 g/mol. The molecule has 19 heavy (non-hydrogen) atoms. The second kappa shape index (κ2) is 9.80. The van der Waals surface area contributed by atoms with Gasteiger partial charge in [-0.05, 0) is 39.7 Å². The molecule has 0 aliphatic carbocycles. The van der Waals surface area contributed by atoms with E-state index in [0.717, 1.165) is 38.1 Å². The highest BCUT2D eigenvalue weighted by molar-refractivity contribution is 14.0. The Hall–Kier alpha value is -0.0400. The first-order valence-corrected chi connectivity index (χ1v) is 7.20. The molecule has 0 saturated carbocycles. The molecule has 0 aromatic rings. The van der Waals surface area contributed by atoms with Crippen LogP contribution in [-0.2, 0) is 0 Å². The highest BCUT2D eigenvalue weighted by Crippen LogP contribution is 2.15. The number of nitrogens with one attached hydrogen (secondary N) is 1. The van der Waals surface area contributed by atoms with Gasteiger partial charge in [0, 0.05) is 39.3 Å².